The minimum atomic E-state index is -4.71. The summed E-state index contributed by atoms with van der Waals surface area (Å²) < 4.78 is 43.3. The van der Waals surface area contributed by atoms with Crippen molar-refractivity contribution in [2.24, 2.45) is 0 Å². The summed E-state index contributed by atoms with van der Waals surface area (Å²) in [5, 5.41) is 0.367. The summed E-state index contributed by atoms with van der Waals surface area (Å²) in [6.45, 7) is -0.744. The van der Waals surface area contributed by atoms with Gasteiger partial charge < -0.3 is 4.74 Å². The number of rotatable bonds is 4. The Hall–Kier alpha value is -2.05. The summed E-state index contributed by atoms with van der Waals surface area (Å²) in [7, 11) is 0. The predicted molar refractivity (Wildman–Crippen MR) is 82.5 cm³/mol. The summed E-state index contributed by atoms with van der Waals surface area (Å²) >= 11 is 11.5. The number of carbonyl (C=O) groups is 2. The van der Waals surface area contributed by atoms with E-state index < -0.39 is 35.7 Å². The van der Waals surface area contributed by atoms with Crippen LogP contribution in [0.5, 0.6) is 0 Å². The molecule has 0 N–H and O–H groups in total. The molecule has 0 aliphatic heterocycles. The van der Waals surface area contributed by atoms with Crippen molar-refractivity contribution in [3.05, 3.63) is 69.2 Å². The van der Waals surface area contributed by atoms with Gasteiger partial charge in [-0.1, -0.05) is 35.3 Å². The van der Waals surface area contributed by atoms with Gasteiger partial charge in [0, 0.05) is 10.6 Å². The van der Waals surface area contributed by atoms with Gasteiger partial charge in [0.05, 0.1) is 16.1 Å². The highest BCUT2D eigenvalue weighted by molar-refractivity contribution is 6.36. The van der Waals surface area contributed by atoms with Gasteiger partial charge >= 0.3 is 12.1 Å². The summed E-state index contributed by atoms with van der Waals surface area (Å²) in [5.74, 6) is -1.91. The topological polar surface area (TPSA) is 43.4 Å². The number of ketones is 1. The van der Waals surface area contributed by atoms with Crippen molar-refractivity contribution >= 4 is 35.0 Å². The van der Waals surface area contributed by atoms with Crippen LogP contribution in [0, 0.1) is 0 Å². The van der Waals surface area contributed by atoms with E-state index in [1.807, 2.05) is 0 Å². The van der Waals surface area contributed by atoms with E-state index >= 15 is 0 Å². The molecule has 2 aromatic carbocycles. The fourth-order valence-corrected chi connectivity index (χ4v) is 2.42. The summed E-state index contributed by atoms with van der Waals surface area (Å²) in [5.41, 5.74) is -1.75. The first-order valence-electron chi connectivity index (χ1n) is 6.51. The van der Waals surface area contributed by atoms with Crippen LogP contribution in [0.25, 0.3) is 0 Å². The van der Waals surface area contributed by atoms with Crippen molar-refractivity contribution < 1.29 is 27.5 Å². The number of benzene rings is 2. The van der Waals surface area contributed by atoms with Gasteiger partial charge in [0.25, 0.3) is 0 Å². The molecule has 2 aromatic rings. The van der Waals surface area contributed by atoms with Crippen molar-refractivity contribution in [2.45, 2.75) is 6.18 Å². The first-order chi connectivity index (χ1) is 11.2. The molecule has 2 rings (SSSR count). The third-order valence-electron chi connectivity index (χ3n) is 3.02. The Morgan fingerprint density at radius 3 is 2.29 bits per heavy atom. The molecule has 0 atom stereocenters. The molecule has 3 nitrogen and oxygen atoms in total. The number of esters is 1. The lowest BCUT2D eigenvalue weighted by Crippen LogP contribution is -2.18. The maximum atomic E-state index is 12.9. The fourth-order valence-electron chi connectivity index (χ4n) is 1.91. The molecular weight excluding hydrogens is 368 g/mol. The summed E-state index contributed by atoms with van der Waals surface area (Å²) in [6, 6.07) is 8.24. The third kappa shape index (κ3) is 4.27. The van der Waals surface area contributed by atoms with E-state index in [0.29, 0.717) is 5.02 Å². The molecule has 0 fully saturated rings. The van der Waals surface area contributed by atoms with Gasteiger partial charge in [-0.2, -0.15) is 13.2 Å². The zero-order valence-electron chi connectivity index (χ0n) is 11.9. The molecule has 0 saturated heterocycles. The summed E-state index contributed by atoms with van der Waals surface area (Å²) in [4.78, 5) is 23.8. The number of alkyl halides is 3. The lowest BCUT2D eigenvalue weighted by Gasteiger charge is -2.12. The Morgan fingerprint density at radius 2 is 1.67 bits per heavy atom. The van der Waals surface area contributed by atoms with Crippen LogP contribution in [0.4, 0.5) is 13.2 Å². The molecule has 0 radical (unpaired) electrons. The van der Waals surface area contributed by atoms with Gasteiger partial charge in [-0.15, -0.1) is 0 Å². The second-order valence-corrected chi connectivity index (χ2v) is 5.51. The zero-order chi connectivity index (χ0) is 17.9. The van der Waals surface area contributed by atoms with E-state index in [1.165, 1.54) is 24.3 Å². The van der Waals surface area contributed by atoms with Gasteiger partial charge in [-0.25, -0.2) is 4.79 Å². The molecule has 0 amide bonds. The smallest absolute Gasteiger partial charge is 0.417 e. The van der Waals surface area contributed by atoms with Crippen LogP contribution < -0.4 is 0 Å². The highest BCUT2D eigenvalue weighted by Gasteiger charge is 2.35. The van der Waals surface area contributed by atoms with Crippen LogP contribution in [0.3, 0.4) is 0 Å². The van der Waals surface area contributed by atoms with Crippen molar-refractivity contribution in [3.8, 4) is 0 Å². The average molecular weight is 377 g/mol. The van der Waals surface area contributed by atoms with Gasteiger partial charge in [-0.3, -0.25) is 4.79 Å². The van der Waals surface area contributed by atoms with Gasteiger partial charge in [0.1, 0.15) is 0 Å². The molecule has 0 heterocycles. The number of Topliss-reactive ketones (excluding diaryl/α,β-unsaturated/α-hetero) is 1. The molecule has 126 valence electrons. The van der Waals surface area contributed by atoms with Gasteiger partial charge in [-0.05, 0) is 30.3 Å². The lowest BCUT2D eigenvalue weighted by molar-refractivity contribution is -0.138. The molecule has 24 heavy (non-hydrogen) atoms. The monoisotopic (exact) mass is 376 g/mol. The second kappa shape index (κ2) is 7.23. The Labute approximate surface area is 144 Å². The van der Waals surface area contributed by atoms with Gasteiger partial charge in [0.2, 0.25) is 5.78 Å². The van der Waals surface area contributed by atoms with Gasteiger partial charge in [0.15, 0.2) is 6.61 Å². The highest BCUT2D eigenvalue weighted by atomic mass is 35.5. The molecule has 0 aliphatic rings. The molecule has 0 bridgehead atoms. The predicted octanol–water partition coefficient (Wildman–Crippen LogP) is 5.05. The Morgan fingerprint density at radius 1 is 1.00 bits per heavy atom. The number of carbonyl (C=O) groups excluding carboxylic acids is 2. The number of ether oxygens (including phenoxy) is 1. The van der Waals surface area contributed by atoms with Crippen molar-refractivity contribution in [2.75, 3.05) is 6.61 Å². The van der Waals surface area contributed by atoms with E-state index in [0.717, 1.165) is 18.2 Å². The number of hydrogen-bond acceptors (Lipinski definition) is 3. The zero-order valence-corrected chi connectivity index (χ0v) is 13.4. The van der Waals surface area contributed by atoms with Crippen LogP contribution in [-0.4, -0.2) is 18.4 Å². The van der Waals surface area contributed by atoms with Crippen LogP contribution >= 0.6 is 23.2 Å². The molecule has 0 saturated carbocycles. The SMILES string of the molecule is O=C(COC(=O)c1ccccc1C(F)(F)F)c1ccc(Cl)cc1Cl. The Balaban J connectivity index is 2.13. The van der Waals surface area contributed by atoms with Crippen LogP contribution in [0.2, 0.25) is 10.0 Å². The fraction of sp³-hybridized carbons (Fsp3) is 0.125. The standard InChI is InChI=1S/C16H9Cl2F3O3/c17-9-5-6-11(13(18)7-9)14(22)8-24-15(23)10-3-1-2-4-12(10)16(19,20)21/h1-7H,8H2. The molecule has 0 spiro atoms. The quantitative estimate of drug-likeness (QED) is 0.553. The minimum Gasteiger partial charge on any atom is -0.454 e. The van der Waals surface area contributed by atoms with E-state index in [9.17, 15) is 22.8 Å². The van der Waals surface area contributed by atoms with E-state index in [-0.39, 0.29) is 10.6 Å². The van der Waals surface area contributed by atoms with Crippen LogP contribution in [0.1, 0.15) is 26.3 Å². The number of hydrogen-bond donors (Lipinski definition) is 0. The lowest BCUT2D eigenvalue weighted by atomic mass is 10.1. The molecule has 0 aliphatic carbocycles. The average Bonchev–Trinajstić information content (AvgIpc) is 2.51. The van der Waals surface area contributed by atoms with E-state index in [4.69, 9.17) is 23.2 Å². The summed E-state index contributed by atoms with van der Waals surface area (Å²) in [6.07, 6.45) is -4.71. The van der Waals surface area contributed by atoms with Crippen molar-refractivity contribution in [3.63, 3.8) is 0 Å². The molecular formula is C16H9Cl2F3O3. The van der Waals surface area contributed by atoms with Crippen molar-refractivity contribution in [1.29, 1.82) is 0 Å². The van der Waals surface area contributed by atoms with Crippen LogP contribution in [0.15, 0.2) is 42.5 Å². The van der Waals surface area contributed by atoms with E-state index in [1.54, 1.807) is 0 Å². The molecule has 0 unspecified atom stereocenters. The normalized spacial score (nSPS) is 11.2. The van der Waals surface area contributed by atoms with Crippen molar-refractivity contribution in [1.82, 2.24) is 0 Å². The number of halogens is 5. The molecule has 8 heteroatoms. The van der Waals surface area contributed by atoms with Crippen LogP contribution in [-0.2, 0) is 10.9 Å². The highest BCUT2D eigenvalue weighted by Crippen LogP contribution is 2.32. The Kier molecular flexibility index (Phi) is 5.51. The maximum Gasteiger partial charge on any atom is 0.417 e. The minimum absolute atomic E-state index is 0.0537. The Bertz CT molecular complexity index is 788. The molecule has 0 aromatic heterocycles. The second-order valence-electron chi connectivity index (χ2n) is 4.67. The first kappa shape index (κ1) is 18.3. The largest absolute Gasteiger partial charge is 0.454 e. The first-order valence-corrected chi connectivity index (χ1v) is 7.27. The third-order valence-corrected chi connectivity index (χ3v) is 3.57. The maximum absolute atomic E-state index is 12.9. The van der Waals surface area contributed by atoms with E-state index in [2.05, 4.69) is 4.74 Å².